The van der Waals surface area contributed by atoms with E-state index < -0.39 is 11.8 Å². The Morgan fingerprint density at radius 2 is 1.80 bits per heavy atom. The van der Waals surface area contributed by atoms with E-state index in [0.717, 1.165) is 21.2 Å². The van der Waals surface area contributed by atoms with Crippen molar-refractivity contribution in [2.45, 2.75) is 13.8 Å². The van der Waals surface area contributed by atoms with Crippen LogP contribution in [0.4, 0.5) is 5.69 Å². The van der Waals surface area contributed by atoms with E-state index in [1.807, 2.05) is 32.0 Å². The van der Waals surface area contributed by atoms with Crippen LogP contribution in [-0.2, 0) is 9.59 Å². The van der Waals surface area contributed by atoms with E-state index in [4.69, 9.17) is 4.74 Å². The average molecular weight is 404 g/mol. The highest BCUT2D eigenvalue weighted by atomic mass is 79.9. The third kappa shape index (κ3) is 4.90. The summed E-state index contributed by atoms with van der Waals surface area (Å²) in [5, 5.41) is 6.40. The van der Waals surface area contributed by atoms with Gasteiger partial charge in [0.25, 0.3) is 0 Å². The molecular formula is C18H18BrN3O3. The molecule has 2 N–H and O–H groups in total. The smallest absolute Gasteiger partial charge is 0.329 e. The first kappa shape index (κ1) is 18.7. The predicted octanol–water partition coefficient (Wildman–Crippen LogP) is 3.16. The maximum absolute atomic E-state index is 12.0. The van der Waals surface area contributed by atoms with Crippen molar-refractivity contribution >= 4 is 39.6 Å². The highest BCUT2D eigenvalue weighted by molar-refractivity contribution is 9.10. The summed E-state index contributed by atoms with van der Waals surface area (Å²) in [7, 11) is 1.57. The number of methoxy groups -OCH3 is 1. The molecule has 0 unspecified atom stereocenters. The van der Waals surface area contributed by atoms with Crippen LogP contribution in [0.1, 0.15) is 16.7 Å². The standard InChI is InChI=1S/C18H18BrN3O3/c1-11-5-4-6-12(2)16(11)21-17(23)18(24)22-20-10-13-7-8-15(25-3)14(19)9-13/h4-10H,1-3H3,(H,21,23)(H,22,24)/b20-10-. The molecule has 0 spiro atoms. The van der Waals surface area contributed by atoms with E-state index in [1.165, 1.54) is 6.21 Å². The Hall–Kier alpha value is -2.67. The molecule has 2 aromatic rings. The molecule has 0 atom stereocenters. The second-order valence-electron chi connectivity index (χ2n) is 5.31. The number of nitrogens with zero attached hydrogens (tertiary/aromatic N) is 1. The molecule has 0 heterocycles. The Balaban J connectivity index is 1.97. The minimum atomic E-state index is -0.841. The van der Waals surface area contributed by atoms with Crippen LogP contribution in [0.5, 0.6) is 5.75 Å². The maximum Gasteiger partial charge on any atom is 0.329 e. The van der Waals surface area contributed by atoms with Crippen molar-refractivity contribution in [1.82, 2.24) is 5.43 Å². The van der Waals surface area contributed by atoms with Gasteiger partial charge in [0.15, 0.2) is 0 Å². The minimum absolute atomic E-state index is 0.630. The quantitative estimate of drug-likeness (QED) is 0.467. The lowest BCUT2D eigenvalue weighted by molar-refractivity contribution is -0.136. The summed E-state index contributed by atoms with van der Waals surface area (Å²) in [4.78, 5) is 23.8. The van der Waals surface area contributed by atoms with Crippen molar-refractivity contribution < 1.29 is 14.3 Å². The number of carbonyl (C=O) groups is 2. The van der Waals surface area contributed by atoms with Crippen molar-refractivity contribution in [3.05, 3.63) is 57.6 Å². The minimum Gasteiger partial charge on any atom is -0.496 e. The first-order chi connectivity index (χ1) is 11.9. The molecule has 0 saturated heterocycles. The Kier molecular flexibility index (Phi) is 6.30. The zero-order valence-electron chi connectivity index (χ0n) is 14.1. The number of rotatable bonds is 4. The van der Waals surface area contributed by atoms with Gasteiger partial charge in [0.2, 0.25) is 0 Å². The maximum atomic E-state index is 12.0. The normalized spacial score (nSPS) is 10.6. The Bertz CT molecular complexity index is 814. The van der Waals surface area contributed by atoms with E-state index in [1.54, 1.807) is 25.3 Å². The fraction of sp³-hybridized carbons (Fsp3) is 0.167. The number of anilines is 1. The molecule has 2 aromatic carbocycles. The topological polar surface area (TPSA) is 79.8 Å². The number of halogens is 1. The van der Waals surface area contributed by atoms with Gasteiger partial charge in [-0.05, 0) is 64.7 Å². The van der Waals surface area contributed by atoms with Crippen LogP contribution in [0.2, 0.25) is 0 Å². The largest absolute Gasteiger partial charge is 0.496 e. The predicted molar refractivity (Wildman–Crippen MR) is 101 cm³/mol. The summed E-state index contributed by atoms with van der Waals surface area (Å²) < 4.78 is 5.90. The molecule has 0 fully saturated rings. The number of benzene rings is 2. The monoisotopic (exact) mass is 403 g/mol. The number of aryl methyl sites for hydroxylation is 2. The molecule has 0 aromatic heterocycles. The van der Waals surface area contributed by atoms with Gasteiger partial charge >= 0.3 is 11.8 Å². The van der Waals surface area contributed by atoms with Crippen LogP contribution in [0.15, 0.2) is 46.0 Å². The van der Waals surface area contributed by atoms with Crippen molar-refractivity contribution in [2.75, 3.05) is 12.4 Å². The van der Waals surface area contributed by atoms with Gasteiger partial charge in [-0.2, -0.15) is 5.10 Å². The molecule has 2 rings (SSSR count). The Morgan fingerprint density at radius 3 is 2.40 bits per heavy atom. The Labute approximate surface area is 154 Å². The fourth-order valence-electron chi connectivity index (χ4n) is 2.16. The molecule has 6 nitrogen and oxygen atoms in total. The van der Waals surface area contributed by atoms with Crippen LogP contribution >= 0.6 is 15.9 Å². The highest BCUT2D eigenvalue weighted by Gasteiger charge is 2.15. The Morgan fingerprint density at radius 1 is 1.12 bits per heavy atom. The lowest BCUT2D eigenvalue weighted by atomic mass is 10.1. The number of ether oxygens (including phenoxy) is 1. The second kappa shape index (κ2) is 8.43. The van der Waals surface area contributed by atoms with Crippen LogP contribution in [0, 0.1) is 13.8 Å². The van der Waals surface area contributed by atoms with Gasteiger partial charge in [-0.1, -0.05) is 18.2 Å². The van der Waals surface area contributed by atoms with Gasteiger partial charge in [0.1, 0.15) is 5.75 Å². The van der Waals surface area contributed by atoms with Crippen LogP contribution in [-0.4, -0.2) is 25.1 Å². The molecule has 0 aliphatic rings. The zero-order valence-corrected chi connectivity index (χ0v) is 15.7. The highest BCUT2D eigenvalue weighted by Crippen LogP contribution is 2.24. The summed E-state index contributed by atoms with van der Waals surface area (Å²) >= 11 is 3.36. The summed E-state index contributed by atoms with van der Waals surface area (Å²) in [6.45, 7) is 3.72. The number of hydrazone groups is 1. The van der Waals surface area contributed by atoms with Gasteiger partial charge in [0, 0.05) is 5.69 Å². The summed E-state index contributed by atoms with van der Waals surface area (Å²) in [5.41, 5.74) is 5.34. The molecule has 0 aliphatic carbocycles. The number of nitrogens with one attached hydrogen (secondary N) is 2. The lowest BCUT2D eigenvalue weighted by Gasteiger charge is -2.10. The van der Waals surface area contributed by atoms with Crippen molar-refractivity contribution in [1.29, 1.82) is 0 Å². The van der Waals surface area contributed by atoms with E-state index >= 15 is 0 Å². The van der Waals surface area contributed by atoms with Gasteiger partial charge in [-0.15, -0.1) is 0 Å². The lowest BCUT2D eigenvalue weighted by Crippen LogP contribution is -2.32. The zero-order chi connectivity index (χ0) is 18.4. The number of hydrogen-bond acceptors (Lipinski definition) is 4. The van der Waals surface area contributed by atoms with Crippen molar-refractivity contribution in [3.8, 4) is 5.75 Å². The molecule has 0 bridgehead atoms. The molecule has 0 aliphatic heterocycles. The van der Waals surface area contributed by atoms with Gasteiger partial charge in [0.05, 0.1) is 17.8 Å². The SMILES string of the molecule is COc1ccc(/C=N\NC(=O)C(=O)Nc2c(C)cccc2C)cc1Br. The van der Waals surface area contributed by atoms with Gasteiger partial charge < -0.3 is 10.1 Å². The molecule has 25 heavy (non-hydrogen) atoms. The number of amides is 2. The second-order valence-corrected chi connectivity index (χ2v) is 6.17. The van der Waals surface area contributed by atoms with E-state index in [2.05, 4.69) is 31.8 Å². The van der Waals surface area contributed by atoms with E-state index in [0.29, 0.717) is 11.4 Å². The average Bonchev–Trinajstić information content (AvgIpc) is 2.58. The molecule has 0 saturated carbocycles. The van der Waals surface area contributed by atoms with Crippen LogP contribution < -0.4 is 15.5 Å². The molecule has 2 amide bonds. The molecule has 130 valence electrons. The molecular weight excluding hydrogens is 386 g/mol. The van der Waals surface area contributed by atoms with Gasteiger partial charge in [-0.3, -0.25) is 9.59 Å². The van der Waals surface area contributed by atoms with Crippen molar-refractivity contribution in [2.24, 2.45) is 5.10 Å². The first-order valence-electron chi connectivity index (χ1n) is 7.46. The van der Waals surface area contributed by atoms with Crippen molar-refractivity contribution in [3.63, 3.8) is 0 Å². The summed E-state index contributed by atoms with van der Waals surface area (Å²) in [6, 6.07) is 10.9. The summed E-state index contributed by atoms with van der Waals surface area (Å²) in [5.74, 6) is -0.925. The number of hydrogen-bond donors (Lipinski definition) is 2. The molecule has 7 heteroatoms. The third-order valence-electron chi connectivity index (χ3n) is 3.48. The fourth-order valence-corrected chi connectivity index (χ4v) is 2.72. The molecule has 0 radical (unpaired) electrons. The van der Waals surface area contributed by atoms with E-state index in [9.17, 15) is 9.59 Å². The number of carbonyl (C=O) groups excluding carboxylic acids is 2. The summed E-state index contributed by atoms with van der Waals surface area (Å²) in [6.07, 6.45) is 1.44. The number of para-hydroxylation sites is 1. The van der Waals surface area contributed by atoms with Crippen LogP contribution in [0.25, 0.3) is 0 Å². The van der Waals surface area contributed by atoms with Gasteiger partial charge in [-0.25, -0.2) is 5.43 Å². The van der Waals surface area contributed by atoms with Crippen LogP contribution in [0.3, 0.4) is 0 Å². The first-order valence-corrected chi connectivity index (χ1v) is 8.26. The third-order valence-corrected chi connectivity index (χ3v) is 4.10. The van der Waals surface area contributed by atoms with E-state index in [-0.39, 0.29) is 0 Å².